The quantitative estimate of drug-likeness (QED) is 0.882. The summed E-state index contributed by atoms with van der Waals surface area (Å²) in [5.41, 5.74) is 1.50. The van der Waals surface area contributed by atoms with Crippen molar-refractivity contribution in [3.05, 3.63) is 24.3 Å². The number of aromatic nitrogens is 4. The molecule has 1 aromatic heterocycles. The molecule has 19 heavy (non-hydrogen) atoms. The third-order valence-electron chi connectivity index (χ3n) is 2.73. The Balaban J connectivity index is 2.21. The van der Waals surface area contributed by atoms with Crippen molar-refractivity contribution < 1.29 is 9.53 Å². The Labute approximate surface area is 110 Å². The summed E-state index contributed by atoms with van der Waals surface area (Å²) in [6.45, 7) is 1.69. The lowest BCUT2D eigenvalue weighted by Crippen LogP contribution is -2.26. The summed E-state index contributed by atoms with van der Waals surface area (Å²) < 4.78 is 6.53. The predicted molar refractivity (Wildman–Crippen MR) is 69.3 cm³/mol. The van der Waals surface area contributed by atoms with Crippen molar-refractivity contribution in [2.24, 2.45) is 7.05 Å². The van der Waals surface area contributed by atoms with Crippen molar-refractivity contribution in [3.8, 4) is 11.4 Å². The summed E-state index contributed by atoms with van der Waals surface area (Å²) in [6.07, 6.45) is -0.500. The SMILES string of the molecule is COC(C)C(=O)Nc1cccc(-c2nnnn2C)c1. The number of hydrogen-bond donors (Lipinski definition) is 1. The second kappa shape index (κ2) is 5.57. The molecule has 1 unspecified atom stereocenters. The molecule has 1 heterocycles. The average Bonchev–Trinajstić information content (AvgIpc) is 2.84. The van der Waals surface area contributed by atoms with Crippen LogP contribution >= 0.6 is 0 Å². The highest BCUT2D eigenvalue weighted by Crippen LogP contribution is 2.19. The van der Waals surface area contributed by atoms with E-state index >= 15 is 0 Å². The van der Waals surface area contributed by atoms with Crippen molar-refractivity contribution in [1.29, 1.82) is 0 Å². The zero-order valence-corrected chi connectivity index (χ0v) is 11.0. The van der Waals surface area contributed by atoms with Gasteiger partial charge in [0.1, 0.15) is 6.10 Å². The van der Waals surface area contributed by atoms with Gasteiger partial charge >= 0.3 is 0 Å². The lowest BCUT2D eigenvalue weighted by Gasteiger charge is -2.11. The van der Waals surface area contributed by atoms with Crippen LogP contribution in [0.5, 0.6) is 0 Å². The molecule has 0 aliphatic heterocycles. The molecule has 0 aliphatic rings. The molecule has 2 rings (SSSR count). The number of anilines is 1. The number of carbonyl (C=O) groups is 1. The number of nitrogens with zero attached hydrogens (tertiary/aromatic N) is 4. The molecule has 0 saturated heterocycles. The maximum atomic E-state index is 11.7. The lowest BCUT2D eigenvalue weighted by atomic mass is 10.2. The Kier molecular flexibility index (Phi) is 3.86. The fourth-order valence-corrected chi connectivity index (χ4v) is 1.56. The van der Waals surface area contributed by atoms with Crippen LogP contribution in [-0.2, 0) is 16.6 Å². The van der Waals surface area contributed by atoms with Gasteiger partial charge in [0, 0.05) is 25.4 Å². The molecule has 0 saturated carbocycles. The van der Waals surface area contributed by atoms with E-state index < -0.39 is 6.10 Å². The minimum atomic E-state index is -0.500. The summed E-state index contributed by atoms with van der Waals surface area (Å²) in [5, 5.41) is 14.1. The first-order chi connectivity index (χ1) is 9.11. The Bertz CT molecular complexity index is 581. The highest BCUT2D eigenvalue weighted by Gasteiger charge is 2.12. The molecule has 7 heteroatoms. The first-order valence-corrected chi connectivity index (χ1v) is 5.78. The molecule has 2 aromatic rings. The largest absolute Gasteiger partial charge is 0.372 e. The van der Waals surface area contributed by atoms with Crippen LogP contribution in [0.4, 0.5) is 5.69 Å². The van der Waals surface area contributed by atoms with Gasteiger partial charge in [-0.3, -0.25) is 4.79 Å². The molecular formula is C12H15N5O2. The number of nitrogens with one attached hydrogen (secondary N) is 1. The normalized spacial score (nSPS) is 12.2. The predicted octanol–water partition coefficient (Wildman–Crippen LogP) is 0.850. The van der Waals surface area contributed by atoms with Crippen molar-refractivity contribution in [2.45, 2.75) is 13.0 Å². The average molecular weight is 261 g/mol. The summed E-state index contributed by atoms with van der Waals surface area (Å²) in [4.78, 5) is 11.7. The highest BCUT2D eigenvalue weighted by atomic mass is 16.5. The minimum absolute atomic E-state index is 0.198. The van der Waals surface area contributed by atoms with Crippen molar-refractivity contribution in [3.63, 3.8) is 0 Å². The van der Waals surface area contributed by atoms with Crippen LogP contribution in [0.1, 0.15) is 6.92 Å². The van der Waals surface area contributed by atoms with Crippen LogP contribution in [0.25, 0.3) is 11.4 Å². The number of ether oxygens (including phenoxy) is 1. The van der Waals surface area contributed by atoms with Gasteiger partial charge < -0.3 is 10.1 Å². The number of carbonyl (C=O) groups excluding carboxylic acids is 1. The zero-order valence-electron chi connectivity index (χ0n) is 11.0. The Morgan fingerprint density at radius 2 is 2.26 bits per heavy atom. The molecule has 100 valence electrons. The zero-order chi connectivity index (χ0) is 13.8. The van der Waals surface area contributed by atoms with Gasteiger partial charge in [-0.15, -0.1) is 5.10 Å². The van der Waals surface area contributed by atoms with Crippen molar-refractivity contribution in [1.82, 2.24) is 20.2 Å². The van der Waals surface area contributed by atoms with E-state index in [1.54, 1.807) is 24.7 Å². The number of aryl methyl sites for hydroxylation is 1. The monoisotopic (exact) mass is 261 g/mol. The summed E-state index contributed by atoms with van der Waals surface area (Å²) in [6, 6.07) is 7.32. The molecule has 0 spiro atoms. The van der Waals surface area contributed by atoms with Crippen LogP contribution in [0.3, 0.4) is 0 Å². The molecule has 0 radical (unpaired) electrons. The van der Waals surface area contributed by atoms with E-state index in [0.717, 1.165) is 5.56 Å². The third-order valence-corrected chi connectivity index (χ3v) is 2.73. The number of rotatable bonds is 4. The van der Waals surface area contributed by atoms with Crippen LogP contribution in [0.15, 0.2) is 24.3 Å². The van der Waals surface area contributed by atoms with Crippen LogP contribution < -0.4 is 5.32 Å². The standard InChI is InChI=1S/C12H15N5O2/c1-8(19-3)12(18)13-10-6-4-5-9(7-10)11-14-15-16-17(11)2/h4-8H,1-3H3,(H,13,18). The van der Waals surface area contributed by atoms with Crippen LogP contribution in [-0.4, -0.2) is 39.3 Å². The van der Waals surface area contributed by atoms with Crippen LogP contribution in [0.2, 0.25) is 0 Å². The fraction of sp³-hybridized carbons (Fsp3) is 0.333. The number of methoxy groups -OCH3 is 1. The van der Waals surface area contributed by atoms with Crippen LogP contribution in [0, 0.1) is 0 Å². The molecule has 1 amide bonds. The van der Waals surface area contributed by atoms with Gasteiger partial charge in [-0.05, 0) is 29.5 Å². The van der Waals surface area contributed by atoms with Gasteiger partial charge in [-0.25, -0.2) is 4.68 Å². The molecule has 1 aromatic carbocycles. The van der Waals surface area contributed by atoms with E-state index in [2.05, 4.69) is 20.8 Å². The van der Waals surface area contributed by atoms with Gasteiger partial charge in [-0.1, -0.05) is 12.1 Å². The Morgan fingerprint density at radius 1 is 1.47 bits per heavy atom. The molecule has 0 fully saturated rings. The molecule has 0 bridgehead atoms. The number of tetrazole rings is 1. The van der Waals surface area contributed by atoms with Gasteiger partial charge in [0.15, 0.2) is 5.82 Å². The fourth-order valence-electron chi connectivity index (χ4n) is 1.56. The number of benzene rings is 1. The molecule has 1 atom stereocenters. The van der Waals surface area contributed by atoms with E-state index in [1.165, 1.54) is 7.11 Å². The van der Waals surface area contributed by atoms with E-state index in [0.29, 0.717) is 11.5 Å². The van der Waals surface area contributed by atoms with E-state index in [4.69, 9.17) is 4.74 Å². The third kappa shape index (κ3) is 2.94. The van der Waals surface area contributed by atoms with Gasteiger partial charge in [0.2, 0.25) is 0 Å². The first kappa shape index (κ1) is 13.2. The molecular weight excluding hydrogens is 246 g/mol. The second-order valence-electron chi connectivity index (χ2n) is 4.07. The van der Waals surface area contributed by atoms with E-state index in [9.17, 15) is 4.79 Å². The molecule has 7 nitrogen and oxygen atoms in total. The van der Waals surface area contributed by atoms with Gasteiger partial charge in [0.05, 0.1) is 0 Å². The maximum absolute atomic E-state index is 11.7. The lowest BCUT2D eigenvalue weighted by molar-refractivity contribution is -0.124. The second-order valence-corrected chi connectivity index (χ2v) is 4.07. The highest BCUT2D eigenvalue weighted by molar-refractivity contribution is 5.94. The maximum Gasteiger partial charge on any atom is 0.253 e. The van der Waals surface area contributed by atoms with E-state index in [-0.39, 0.29) is 5.91 Å². The number of hydrogen-bond acceptors (Lipinski definition) is 5. The minimum Gasteiger partial charge on any atom is -0.372 e. The summed E-state index contributed by atoms with van der Waals surface area (Å²) in [7, 11) is 3.25. The van der Waals surface area contributed by atoms with Crippen molar-refractivity contribution in [2.75, 3.05) is 12.4 Å². The smallest absolute Gasteiger partial charge is 0.253 e. The first-order valence-electron chi connectivity index (χ1n) is 5.78. The molecule has 1 N–H and O–H groups in total. The van der Waals surface area contributed by atoms with E-state index in [1.807, 2.05) is 18.2 Å². The van der Waals surface area contributed by atoms with Gasteiger partial charge in [0.25, 0.3) is 5.91 Å². The van der Waals surface area contributed by atoms with Gasteiger partial charge in [-0.2, -0.15) is 0 Å². The number of amides is 1. The van der Waals surface area contributed by atoms with Crippen molar-refractivity contribution >= 4 is 11.6 Å². The summed E-state index contributed by atoms with van der Waals surface area (Å²) in [5.74, 6) is 0.437. The Morgan fingerprint density at radius 3 is 2.89 bits per heavy atom. The topological polar surface area (TPSA) is 81.9 Å². The summed E-state index contributed by atoms with van der Waals surface area (Å²) >= 11 is 0. The Hall–Kier alpha value is -2.28. The molecule has 0 aliphatic carbocycles.